The van der Waals surface area contributed by atoms with Crippen LogP contribution in [0.4, 0.5) is 0 Å². The molecular weight excluding hydrogens is 488 g/mol. The summed E-state index contributed by atoms with van der Waals surface area (Å²) in [4.78, 5) is 50.1. The van der Waals surface area contributed by atoms with Gasteiger partial charge in [0.1, 0.15) is 18.3 Å². The maximum absolute atomic E-state index is 13.0. The van der Waals surface area contributed by atoms with Crippen molar-refractivity contribution in [2.45, 2.75) is 115 Å². The Hall–Kier alpha value is -2.50. The van der Waals surface area contributed by atoms with Crippen molar-refractivity contribution >= 4 is 23.9 Å². The lowest BCUT2D eigenvalue weighted by Gasteiger charge is -2.54. The third-order valence-corrected chi connectivity index (χ3v) is 9.08. The molecule has 0 amide bonds. The predicted molar refractivity (Wildman–Crippen MR) is 123 cm³/mol. The molecule has 1 saturated carbocycles. The minimum atomic E-state index is -1.40. The van der Waals surface area contributed by atoms with Gasteiger partial charge in [-0.3, -0.25) is 14.4 Å². The Bertz CT molecular complexity index is 1100. The van der Waals surface area contributed by atoms with Gasteiger partial charge in [-0.15, -0.1) is 0 Å². The predicted octanol–water partition coefficient (Wildman–Crippen LogP) is 1.13. The Morgan fingerprint density at radius 2 is 1.59 bits per heavy atom. The molecule has 1 N–H and O–H groups in total. The second-order valence-electron chi connectivity index (χ2n) is 11.6. The molecule has 4 fully saturated rings. The van der Waals surface area contributed by atoms with Crippen molar-refractivity contribution in [3.8, 4) is 0 Å². The van der Waals surface area contributed by atoms with E-state index in [1.54, 1.807) is 26.8 Å². The number of ether oxygens (including phenoxy) is 6. The fourth-order valence-corrected chi connectivity index (χ4v) is 7.34. The highest BCUT2D eigenvalue weighted by molar-refractivity contribution is 5.89. The molecule has 3 saturated heterocycles. The fourth-order valence-electron chi connectivity index (χ4n) is 7.34. The summed E-state index contributed by atoms with van der Waals surface area (Å²) in [5.41, 5.74) is -4.41. The molecule has 11 heteroatoms. The van der Waals surface area contributed by atoms with Crippen molar-refractivity contribution in [3.05, 3.63) is 11.6 Å². The lowest BCUT2D eigenvalue weighted by atomic mass is 9.53. The third-order valence-electron chi connectivity index (χ3n) is 9.08. The zero-order valence-electron chi connectivity index (χ0n) is 22.1. The van der Waals surface area contributed by atoms with Crippen molar-refractivity contribution in [1.82, 2.24) is 0 Å². The second-order valence-corrected chi connectivity index (χ2v) is 11.6. The van der Waals surface area contributed by atoms with Crippen molar-refractivity contribution < 1.29 is 52.7 Å². The highest BCUT2D eigenvalue weighted by Gasteiger charge is 2.89. The van der Waals surface area contributed by atoms with E-state index in [-0.39, 0.29) is 18.9 Å². The molecule has 3 aliphatic heterocycles. The van der Waals surface area contributed by atoms with E-state index in [0.717, 1.165) is 0 Å². The summed E-state index contributed by atoms with van der Waals surface area (Å²) in [6, 6.07) is 0. The number of aliphatic hydroxyl groups excluding tert-OH is 1. The van der Waals surface area contributed by atoms with Crippen LogP contribution in [0.2, 0.25) is 0 Å². The summed E-state index contributed by atoms with van der Waals surface area (Å²) in [6.07, 6.45) is -3.62. The normalized spacial score (nSPS) is 51.0. The Morgan fingerprint density at radius 1 is 1.00 bits per heavy atom. The Labute approximate surface area is 214 Å². The van der Waals surface area contributed by atoms with Gasteiger partial charge in [0.05, 0.1) is 17.8 Å². The number of esters is 4. The second kappa shape index (κ2) is 8.00. The first kappa shape index (κ1) is 26.1. The van der Waals surface area contributed by atoms with Gasteiger partial charge < -0.3 is 33.5 Å². The van der Waals surface area contributed by atoms with Gasteiger partial charge in [-0.05, 0) is 26.8 Å². The van der Waals surface area contributed by atoms with Gasteiger partial charge in [0.15, 0.2) is 17.3 Å². The molecule has 2 aliphatic carbocycles. The van der Waals surface area contributed by atoms with Crippen molar-refractivity contribution in [2.75, 3.05) is 0 Å². The number of hydrogen-bond acceptors (Lipinski definition) is 11. The van der Waals surface area contributed by atoms with Gasteiger partial charge in [0.2, 0.25) is 0 Å². The molecule has 11 atom stereocenters. The minimum absolute atomic E-state index is 0.132. The molecule has 1 spiro atoms. The lowest BCUT2D eigenvalue weighted by Crippen LogP contribution is -2.67. The van der Waals surface area contributed by atoms with E-state index in [4.69, 9.17) is 28.4 Å². The number of fused-ring (bicyclic) bond motifs is 3. The van der Waals surface area contributed by atoms with Crippen LogP contribution in [-0.4, -0.2) is 82.4 Å². The first-order valence-corrected chi connectivity index (χ1v) is 12.6. The number of aliphatic hydroxyl groups is 1. The zero-order chi connectivity index (χ0) is 27.3. The molecule has 204 valence electrons. The summed E-state index contributed by atoms with van der Waals surface area (Å²) < 4.78 is 35.6. The standard InChI is InChI=1S/C26H34O11/c1-11-8-15(32-12(2)27)20(33-13(3)28)23(5)16(30)10-17-24(6,36-17)19(23)21(34-14(4)29)26-18(9-11)35-22(31)25(26,7)37-26/h9,15-21,30H,8,10H2,1-7H3/b11-9-/t15-,16+,17-,18+,19-,20+,21?,23+,24-,25+,26+/m1/s1. The van der Waals surface area contributed by atoms with Crippen LogP contribution in [0, 0.1) is 11.3 Å². The number of hydrogen-bond donors (Lipinski definition) is 1. The number of carbonyl (C=O) groups is 4. The Morgan fingerprint density at radius 3 is 2.16 bits per heavy atom. The van der Waals surface area contributed by atoms with Crippen molar-refractivity contribution in [2.24, 2.45) is 11.3 Å². The zero-order valence-corrected chi connectivity index (χ0v) is 22.1. The minimum Gasteiger partial charge on any atom is -0.459 e. The number of epoxide rings is 2. The summed E-state index contributed by atoms with van der Waals surface area (Å²) in [5.74, 6) is -3.29. The van der Waals surface area contributed by atoms with Crippen molar-refractivity contribution in [1.29, 1.82) is 0 Å². The van der Waals surface area contributed by atoms with E-state index in [1.165, 1.54) is 20.8 Å². The molecule has 0 aromatic rings. The number of carbonyl (C=O) groups excluding carboxylic acids is 4. The first-order valence-electron chi connectivity index (χ1n) is 12.6. The molecule has 37 heavy (non-hydrogen) atoms. The van der Waals surface area contributed by atoms with Crippen LogP contribution in [0.1, 0.15) is 61.3 Å². The first-order chi connectivity index (χ1) is 17.1. The SMILES string of the molecule is CC(=O)OC1[C@H]2[C@]3(C)O[C@@H]3C[C@H](O)[C@]2(C)[C@@H](OC(C)=O)[C@H](OC(C)=O)C/C(C)=C\[C@@H]2OC(=O)[C@]3(C)O[C@]123. The molecule has 11 nitrogen and oxygen atoms in total. The van der Waals surface area contributed by atoms with E-state index in [2.05, 4.69) is 0 Å². The van der Waals surface area contributed by atoms with E-state index >= 15 is 0 Å². The van der Waals surface area contributed by atoms with E-state index in [1.807, 2.05) is 6.92 Å². The summed E-state index contributed by atoms with van der Waals surface area (Å²) in [7, 11) is 0. The third kappa shape index (κ3) is 3.50. The largest absolute Gasteiger partial charge is 0.459 e. The van der Waals surface area contributed by atoms with Crippen LogP contribution >= 0.6 is 0 Å². The molecule has 3 heterocycles. The molecule has 0 bridgehead atoms. The van der Waals surface area contributed by atoms with Crippen LogP contribution in [0.25, 0.3) is 0 Å². The highest BCUT2D eigenvalue weighted by atomic mass is 16.7. The maximum Gasteiger partial charge on any atom is 0.342 e. The highest BCUT2D eigenvalue weighted by Crippen LogP contribution is 2.69. The van der Waals surface area contributed by atoms with Gasteiger partial charge >= 0.3 is 23.9 Å². The van der Waals surface area contributed by atoms with Crippen LogP contribution in [0.5, 0.6) is 0 Å². The average Bonchev–Trinajstić information content (AvgIpc) is 3.59. The average molecular weight is 523 g/mol. The molecule has 0 aromatic carbocycles. The molecular formula is C26H34O11. The molecule has 0 radical (unpaired) electrons. The molecule has 5 rings (SSSR count). The molecule has 1 unspecified atom stereocenters. The van der Waals surface area contributed by atoms with Crippen LogP contribution in [0.15, 0.2) is 11.6 Å². The van der Waals surface area contributed by atoms with Crippen LogP contribution in [-0.2, 0) is 47.6 Å². The van der Waals surface area contributed by atoms with Crippen molar-refractivity contribution in [3.63, 3.8) is 0 Å². The van der Waals surface area contributed by atoms with E-state index in [9.17, 15) is 24.3 Å². The van der Waals surface area contributed by atoms with Gasteiger partial charge in [-0.2, -0.15) is 0 Å². The topological polar surface area (TPSA) is 150 Å². The van der Waals surface area contributed by atoms with Crippen LogP contribution < -0.4 is 0 Å². The molecule has 0 aromatic heterocycles. The fraction of sp³-hybridized carbons (Fsp3) is 0.769. The summed E-state index contributed by atoms with van der Waals surface area (Å²) in [5, 5.41) is 11.7. The van der Waals surface area contributed by atoms with E-state index in [0.29, 0.717) is 5.57 Å². The number of rotatable bonds is 3. The Balaban J connectivity index is 1.78. The smallest absolute Gasteiger partial charge is 0.342 e. The lowest BCUT2D eigenvalue weighted by molar-refractivity contribution is -0.222. The van der Waals surface area contributed by atoms with Gasteiger partial charge in [-0.25, -0.2) is 4.79 Å². The summed E-state index contributed by atoms with van der Waals surface area (Å²) in [6.45, 7) is 10.7. The van der Waals surface area contributed by atoms with E-state index < -0.39 is 82.5 Å². The molecule has 5 aliphatic rings. The van der Waals surface area contributed by atoms with Gasteiger partial charge in [0, 0.05) is 44.9 Å². The maximum atomic E-state index is 13.0. The van der Waals surface area contributed by atoms with Crippen LogP contribution in [0.3, 0.4) is 0 Å². The Kier molecular flexibility index (Phi) is 5.65. The monoisotopic (exact) mass is 522 g/mol. The summed E-state index contributed by atoms with van der Waals surface area (Å²) >= 11 is 0. The quantitative estimate of drug-likeness (QED) is 0.246. The van der Waals surface area contributed by atoms with Gasteiger partial charge in [0.25, 0.3) is 0 Å². The van der Waals surface area contributed by atoms with Gasteiger partial charge in [-0.1, -0.05) is 12.5 Å².